The molecule has 0 spiro atoms. The number of rotatable bonds is 4. The Balaban J connectivity index is 1.59. The van der Waals surface area contributed by atoms with Crippen LogP contribution in [0.25, 0.3) is 11.1 Å². The number of hydrogen-bond donors (Lipinski definition) is 0. The van der Waals surface area contributed by atoms with E-state index in [1.165, 1.54) is 12.0 Å². The Labute approximate surface area is 122 Å². The number of carbonyl (C=O) groups excluding carboxylic acids is 1. The number of aryl methyl sites for hydroxylation is 2. The monoisotopic (exact) mass is 281 g/mol. The molecule has 106 valence electrons. The van der Waals surface area contributed by atoms with E-state index in [1.807, 2.05) is 31.2 Å². The molecule has 3 rings (SSSR count). The molecule has 0 amide bonds. The maximum Gasteiger partial charge on any atom is 0.311 e. The molecule has 0 aliphatic heterocycles. The first-order valence-electron chi connectivity index (χ1n) is 6.80. The minimum absolute atomic E-state index is 0.251. The third kappa shape index (κ3) is 3.28. The number of carbonyl (C=O) groups is 1. The van der Waals surface area contributed by atoms with E-state index in [2.05, 4.69) is 4.98 Å². The lowest BCUT2D eigenvalue weighted by atomic mass is 10.1. The molecule has 4 nitrogen and oxygen atoms in total. The van der Waals surface area contributed by atoms with Crippen LogP contribution in [0.4, 0.5) is 0 Å². The summed E-state index contributed by atoms with van der Waals surface area (Å²) in [5, 5.41) is 0. The molecule has 0 saturated carbocycles. The van der Waals surface area contributed by atoms with Crippen molar-refractivity contribution < 1.29 is 13.9 Å². The van der Waals surface area contributed by atoms with Crippen LogP contribution in [0.5, 0.6) is 5.75 Å². The van der Waals surface area contributed by atoms with Gasteiger partial charge in [-0.1, -0.05) is 29.8 Å². The first-order chi connectivity index (χ1) is 10.2. The SMILES string of the molecule is Cc1ccc(CCC(=O)Oc2ccc3ocnc3c2)cc1. The fourth-order valence-electron chi connectivity index (χ4n) is 2.08. The third-order valence-electron chi connectivity index (χ3n) is 3.27. The van der Waals surface area contributed by atoms with E-state index in [9.17, 15) is 4.79 Å². The molecule has 4 heteroatoms. The van der Waals surface area contributed by atoms with Crippen LogP contribution in [0, 0.1) is 6.92 Å². The molecule has 0 unspecified atom stereocenters. The summed E-state index contributed by atoms with van der Waals surface area (Å²) in [5.74, 6) is 0.240. The molecule has 1 aromatic heterocycles. The summed E-state index contributed by atoms with van der Waals surface area (Å²) < 4.78 is 10.5. The van der Waals surface area contributed by atoms with E-state index in [4.69, 9.17) is 9.15 Å². The van der Waals surface area contributed by atoms with Crippen LogP contribution in [-0.4, -0.2) is 11.0 Å². The fourth-order valence-corrected chi connectivity index (χ4v) is 2.08. The van der Waals surface area contributed by atoms with E-state index in [1.54, 1.807) is 18.2 Å². The van der Waals surface area contributed by atoms with Gasteiger partial charge in [-0.3, -0.25) is 4.79 Å². The second-order valence-electron chi connectivity index (χ2n) is 4.94. The highest BCUT2D eigenvalue weighted by Crippen LogP contribution is 2.20. The fraction of sp³-hybridized carbons (Fsp3) is 0.176. The van der Waals surface area contributed by atoms with Crippen LogP contribution in [0.2, 0.25) is 0 Å². The van der Waals surface area contributed by atoms with Gasteiger partial charge < -0.3 is 9.15 Å². The second-order valence-corrected chi connectivity index (χ2v) is 4.94. The van der Waals surface area contributed by atoms with Gasteiger partial charge >= 0.3 is 5.97 Å². The Kier molecular flexibility index (Phi) is 3.69. The number of oxazole rings is 1. The number of benzene rings is 2. The summed E-state index contributed by atoms with van der Waals surface area (Å²) in [4.78, 5) is 15.9. The van der Waals surface area contributed by atoms with Crippen LogP contribution >= 0.6 is 0 Å². The number of esters is 1. The van der Waals surface area contributed by atoms with Crippen molar-refractivity contribution in [2.75, 3.05) is 0 Å². The summed E-state index contributed by atoms with van der Waals surface area (Å²) in [5.41, 5.74) is 3.69. The number of fused-ring (bicyclic) bond motifs is 1. The van der Waals surface area contributed by atoms with Crippen molar-refractivity contribution >= 4 is 17.1 Å². The van der Waals surface area contributed by atoms with E-state index in [0.717, 1.165) is 5.56 Å². The Morgan fingerprint density at radius 3 is 2.81 bits per heavy atom. The van der Waals surface area contributed by atoms with E-state index >= 15 is 0 Å². The van der Waals surface area contributed by atoms with Gasteiger partial charge in [0.05, 0.1) is 0 Å². The number of ether oxygens (including phenoxy) is 1. The van der Waals surface area contributed by atoms with Gasteiger partial charge in [-0.25, -0.2) is 4.98 Å². The summed E-state index contributed by atoms with van der Waals surface area (Å²) >= 11 is 0. The van der Waals surface area contributed by atoms with Crippen LogP contribution in [0.1, 0.15) is 17.5 Å². The number of hydrogen-bond acceptors (Lipinski definition) is 4. The van der Waals surface area contributed by atoms with Gasteiger partial charge in [0.2, 0.25) is 0 Å². The summed E-state index contributed by atoms with van der Waals surface area (Å²) in [6.45, 7) is 2.04. The normalized spacial score (nSPS) is 10.7. The zero-order valence-electron chi connectivity index (χ0n) is 11.7. The Morgan fingerprint density at radius 1 is 1.19 bits per heavy atom. The molecule has 0 aliphatic carbocycles. The molecule has 1 heterocycles. The van der Waals surface area contributed by atoms with Crippen molar-refractivity contribution in [2.24, 2.45) is 0 Å². The quantitative estimate of drug-likeness (QED) is 0.541. The first kappa shape index (κ1) is 13.4. The zero-order valence-corrected chi connectivity index (χ0v) is 11.7. The van der Waals surface area contributed by atoms with Crippen LogP contribution in [-0.2, 0) is 11.2 Å². The molecule has 2 aromatic carbocycles. The molecule has 3 aromatic rings. The van der Waals surface area contributed by atoms with E-state index in [0.29, 0.717) is 29.7 Å². The third-order valence-corrected chi connectivity index (χ3v) is 3.27. The van der Waals surface area contributed by atoms with Crippen molar-refractivity contribution in [3.8, 4) is 5.75 Å². The van der Waals surface area contributed by atoms with Gasteiger partial charge in [0.25, 0.3) is 0 Å². The average Bonchev–Trinajstić information content (AvgIpc) is 2.94. The predicted molar refractivity (Wildman–Crippen MR) is 79.1 cm³/mol. The maximum absolute atomic E-state index is 11.9. The highest BCUT2D eigenvalue weighted by molar-refractivity contribution is 5.77. The number of aromatic nitrogens is 1. The standard InChI is InChI=1S/C17H15NO3/c1-12-2-4-13(5-3-12)6-9-17(19)21-14-7-8-16-15(10-14)18-11-20-16/h2-5,7-8,10-11H,6,9H2,1H3. The summed E-state index contributed by atoms with van der Waals surface area (Å²) in [6.07, 6.45) is 2.39. The number of nitrogens with zero attached hydrogens (tertiary/aromatic N) is 1. The molecule has 0 saturated heterocycles. The van der Waals surface area contributed by atoms with Crippen molar-refractivity contribution in [3.05, 3.63) is 60.0 Å². The molecule has 0 radical (unpaired) electrons. The van der Waals surface area contributed by atoms with Crippen molar-refractivity contribution in [3.63, 3.8) is 0 Å². The van der Waals surface area contributed by atoms with Gasteiger partial charge in [0, 0.05) is 12.5 Å². The Bertz CT molecular complexity index is 759. The predicted octanol–water partition coefficient (Wildman–Crippen LogP) is 3.67. The van der Waals surface area contributed by atoms with Crippen LogP contribution in [0.15, 0.2) is 53.3 Å². The van der Waals surface area contributed by atoms with Crippen molar-refractivity contribution in [1.29, 1.82) is 0 Å². The smallest absolute Gasteiger partial charge is 0.311 e. The largest absolute Gasteiger partial charge is 0.443 e. The van der Waals surface area contributed by atoms with Gasteiger partial charge in [-0.05, 0) is 31.0 Å². The van der Waals surface area contributed by atoms with Crippen molar-refractivity contribution in [2.45, 2.75) is 19.8 Å². The van der Waals surface area contributed by atoms with E-state index < -0.39 is 0 Å². The van der Waals surface area contributed by atoms with Gasteiger partial charge in [-0.15, -0.1) is 0 Å². The first-order valence-corrected chi connectivity index (χ1v) is 6.80. The lowest BCUT2D eigenvalue weighted by molar-refractivity contribution is -0.134. The molecule has 0 N–H and O–H groups in total. The average molecular weight is 281 g/mol. The zero-order chi connectivity index (χ0) is 14.7. The molecule has 0 atom stereocenters. The maximum atomic E-state index is 11.9. The summed E-state index contributed by atoms with van der Waals surface area (Å²) in [6, 6.07) is 13.3. The Hall–Kier alpha value is -2.62. The van der Waals surface area contributed by atoms with Crippen LogP contribution in [0.3, 0.4) is 0 Å². The van der Waals surface area contributed by atoms with Gasteiger partial charge in [0.1, 0.15) is 11.3 Å². The molecule has 0 bridgehead atoms. The highest BCUT2D eigenvalue weighted by atomic mass is 16.5. The molecule has 21 heavy (non-hydrogen) atoms. The lowest BCUT2D eigenvalue weighted by Gasteiger charge is -2.04. The minimum atomic E-state index is -0.251. The molecule has 0 aliphatic rings. The highest BCUT2D eigenvalue weighted by Gasteiger charge is 2.07. The summed E-state index contributed by atoms with van der Waals surface area (Å²) in [7, 11) is 0. The van der Waals surface area contributed by atoms with Crippen LogP contribution < -0.4 is 4.74 Å². The topological polar surface area (TPSA) is 52.3 Å². The molecule has 0 fully saturated rings. The Morgan fingerprint density at radius 2 is 2.00 bits per heavy atom. The van der Waals surface area contributed by atoms with E-state index in [-0.39, 0.29) is 5.97 Å². The lowest BCUT2D eigenvalue weighted by Crippen LogP contribution is -2.09. The van der Waals surface area contributed by atoms with Crippen molar-refractivity contribution in [1.82, 2.24) is 4.98 Å². The molecular weight excluding hydrogens is 266 g/mol. The minimum Gasteiger partial charge on any atom is -0.443 e. The second kappa shape index (κ2) is 5.79. The van der Waals surface area contributed by atoms with Gasteiger partial charge in [-0.2, -0.15) is 0 Å². The molecular formula is C17H15NO3. The van der Waals surface area contributed by atoms with Gasteiger partial charge in [0.15, 0.2) is 12.0 Å².